The van der Waals surface area contributed by atoms with Gasteiger partial charge in [0.2, 0.25) is 0 Å². The number of benzene rings is 2. The molecule has 136 valence electrons. The number of piperidine rings is 1. The van der Waals surface area contributed by atoms with E-state index >= 15 is 0 Å². The van der Waals surface area contributed by atoms with E-state index in [1.54, 1.807) is 12.1 Å². The number of halogens is 1. The lowest BCUT2D eigenvalue weighted by molar-refractivity contribution is 0.0966. The SMILES string of the molecule is Cc1ccc(S(=O)(=O)O)cc1.O[C@@H]1CCCN[C@@H]1c1ccccc1Cl. The molecule has 2 atom stereocenters. The summed E-state index contributed by atoms with van der Waals surface area (Å²) in [5.41, 5.74) is 1.96. The highest BCUT2D eigenvalue weighted by atomic mass is 35.5. The maximum Gasteiger partial charge on any atom is 0.294 e. The van der Waals surface area contributed by atoms with Crippen molar-refractivity contribution in [2.24, 2.45) is 0 Å². The molecule has 2 aromatic carbocycles. The van der Waals surface area contributed by atoms with Gasteiger partial charge in [0.1, 0.15) is 0 Å². The lowest BCUT2D eigenvalue weighted by Crippen LogP contribution is -2.37. The maximum atomic E-state index is 10.5. The van der Waals surface area contributed by atoms with Crippen LogP contribution < -0.4 is 5.32 Å². The van der Waals surface area contributed by atoms with E-state index < -0.39 is 10.1 Å². The summed E-state index contributed by atoms with van der Waals surface area (Å²) >= 11 is 6.07. The second-order valence-electron chi connectivity index (χ2n) is 5.95. The summed E-state index contributed by atoms with van der Waals surface area (Å²) in [6.45, 7) is 2.79. The van der Waals surface area contributed by atoms with Crippen LogP contribution in [-0.2, 0) is 10.1 Å². The Bertz CT molecular complexity index is 793. The summed E-state index contributed by atoms with van der Waals surface area (Å²) in [5, 5.41) is 13.8. The van der Waals surface area contributed by atoms with Gasteiger partial charge in [-0.3, -0.25) is 4.55 Å². The molecular formula is C18H22ClNO4S. The molecule has 0 aliphatic carbocycles. The summed E-state index contributed by atoms with van der Waals surface area (Å²) in [4.78, 5) is -0.0666. The fraction of sp³-hybridized carbons (Fsp3) is 0.333. The highest BCUT2D eigenvalue weighted by Gasteiger charge is 2.25. The monoisotopic (exact) mass is 383 g/mol. The number of aliphatic hydroxyl groups is 1. The number of aliphatic hydroxyl groups excluding tert-OH is 1. The van der Waals surface area contributed by atoms with Crippen molar-refractivity contribution in [1.29, 1.82) is 0 Å². The fourth-order valence-electron chi connectivity index (χ4n) is 2.63. The van der Waals surface area contributed by atoms with Crippen LogP contribution in [0.3, 0.4) is 0 Å². The van der Waals surface area contributed by atoms with Crippen LogP contribution in [0.25, 0.3) is 0 Å². The summed E-state index contributed by atoms with van der Waals surface area (Å²) in [7, 11) is -4.02. The zero-order chi connectivity index (χ0) is 18.4. The van der Waals surface area contributed by atoms with Gasteiger partial charge in [0.05, 0.1) is 17.0 Å². The van der Waals surface area contributed by atoms with Crippen molar-refractivity contribution in [1.82, 2.24) is 5.32 Å². The van der Waals surface area contributed by atoms with E-state index in [0.29, 0.717) is 0 Å². The van der Waals surface area contributed by atoms with Crippen molar-refractivity contribution in [3.63, 3.8) is 0 Å². The van der Waals surface area contributed by atoms with E-state index in [9.17, 15) is 13.5 Å². The Balaban J connectivity index is 0.000000186. The van der Waals surface area contributed by atoms with Crippen LogP contribution in [0.4, 0.5) is 0 Å². The van der Waals surface area contributed by atoms with Crippen LogP contribution in [0, 0.1) is 6.92 Å². The maximum absolute atomic E-state index is 10.5. The number of rotatable bonds is 2. The summed E-state index contributed by atoms with van der Waals surface area (Å²) in [5.74, 6) is 0. The predicted molar refractivity (Wildman–Crippen MR) is 98.4 cm³/mol. The molecule has 5 nitrogen and oxygen atoms in total. The smallest absolute Gasteiger partial charge is 0.294 e. The van der Waals surface area contributed by atoms with E-state index in [0.717, 1.165) is 35.5 Å². The van der Waals surface area contributed by atoms with Gasteiger partial charge in [-0.05, 0) is 50.1 Å². The molecular weight excluding hydrogens is 362 g/mol. The largest absolute Gasteiger partial charge is 0.391 e. The first kappa shape index (κ1) is 19.9. The van der Waals surface area contributed by atoms with Crippen molar-refractivity contribution in [2.75, 3.05) is 6.54 Å². The number of hydrogen-bond donors (Lipinski definition) is 3. The van der Waals surface area contributed by atoms with E-state index in [1.165, 1.54) is 12.1 Å². The van der Waals surface area contributed by atoms with Gasteiger partial charge in [0.15, 0.2) is 0 Å². The molecule has 0 amide bonds. The predicted octanol–water partition coefficient (Wildman–Crippen LogP) is 3.37. The van der Waals surface area contributed by atoms with Crippen LogP contribution in [-0.4, -0.2) is 30.7 Å². The molecule has 7 heteroatoms. The van der Waals surface area contributed by atoms with Gasteiger partial charge in [-0.2, -0.15) is 8.42 Å². The number of nitrogens with one attached hydrogen (secondary N) is 1. The van der Waals surface area contributed by atoms with Crippen molar-refractivity contribution in [3.05, 3.63) is 64.7 Å². The normalized spacial score (nSPS) is 20.5. The van der Waals surface area contributed by atoms with Crippen LogP contribution in [0.2, 0.25) is 5.02 Å². The van der Waals surface area contributed by atoms with Gasteiger partial charge in [-0.1, -0.05) is 47.5 Å². The molecule has 2 aromatic rings. The van der Waals surface area contributed by atoms with Crippen molar-refractivity contribution < 1.29 is 18.1 Å². The van der Waals surface area contributed by atoms with E-state index in [4.69, 9.17) is 16.2 Å². The first-order chi connectivity index (χ1) is 11.8. The Hall–Kier alpha value is -1.44. The molecule has 3 rings (SSSR count). The minimum absolute atomic E-state index is 0.00236. The molecule has 3 N–H and O–H groups in total. The third kappa shape index (κ3) is 5.80. The highest BCUT2D eigenvalue weighted by molar-refractivity contribution is 7.85. The van der Waals surface area contributed by atoms with Crippen molar-refractivity contribution in [2.45, 2.75) is 36.8 Å². The molecule has 1 aliphatic heterocycles. The quantitative estimate of drug-likeness (QED) is 0.692. The van der Waals surface area contributed by atoms with E-state index in [1.807, 2.05) is 31.2 Å². The lowest BCUT2D eigenvalue weighted by atomic mass is 9.95. The van der Waals surface area contributed by atoms with Crippen LogP contribution in [0.15, 0.2) is 53.4 Å². The standard InChI is InChI=1S/C11H14ClNO.C7H8O3S/c12-9-5-2-1-4-8(9)11-10(14)6-3-7-13-11;1-6-2-4-7(5-3-6)11(8,9)10/h1-2,4-5,10-11,13-14H,3,6-7H2;2-5H,1H3,(H,8,9,10)/t10-,11-;/m1./s1. The van der Waals surface area contributed by atoms with Crippen molar-refractivity contribution in [3.8, 4) is 0 Å². The molecule has 0 radical (unpaired) electrons. The minimum atomic E-state index is -4.02. The first-order valence-electron chi connectivity index (χ1n) is 7.99. The lowest BCUT2D eigenvalue weighted by Gasteiger charge is -2.29. The Morgan fingerprint density at radius 1 is 1.12 bits per heavy atom. The zero-order valence-electron chi connectivity index (χ0n) is 13.9. The molecule has 0 saturated carbocycles. The Morgan fingerprint density at radius 3 is 2.32 bits per heavy atom. The third-order valence-corrected chi connectivity index (χ3v) is 5.20. The average molecular weight is 384 g/mol. The van der Waals surface area contributed by atoms with Crippen LogP contribution in [0.1, 0.15) is 30.0 Å². The van der Waals surface area contributed by atoms with Crippen LogP contribution >= 0.6 is 11.6 Å². The molecule has 0 aromatic heterocycles. The van der Waals surface area contributed by atoms with Gasteiger partial charge in [0, 0.05) is 5.02 Å². The Morgan fingerprint density at radius 2 is 1.76 bits per heavy atom. The van der Waals surface area contributed by atoms with Gasteiger partial charge in [0.25, 0.3) is 10.1 Å². The van der Waals surface area contributed by atoms with Gasteiger partial charge >= 0.3 is 0 Å². The van der Waals surface area contributed by atoms with Gasteiger partial charge in [-0.15, -0.1) is 0 Å². The molecule has 0 unspecified atom stereocenters. The summed E-state index contributed by atoms with van der Waals surface area (Å²) in [6.07, 6.45) is 1.56. The Labute approximate surface area is 153 Å². The highest BCUT2D eigenvalue weighted by Crippen LogP contribution is 2.28. The number of hydrogen-bond acceptors (Lipinski definition) is 4. The molecule has 0 bridgehead atoms. The molecule has 1 heterocycles. The molecule has 1 saturated heterocycles. The van der Waals surface area contributed by atoms with E-state index in [-0.39, 0.29) is 17.0 Å². The van der Waals surface area contributed by atoms with Crippen molar-refractivity contribution >= 4 is 21.7 Å². The van der Waals surface area contributed by atoms with E-state index in [2.05, 4.69) is 5.32 Å². The molecule has 0 spiro atoms. The summed E-state index contributed by atoms with van der Waals surface area (Å²) in [6, 6.07) is 13.7. The molecule has 1 fully saturated rings. The fourth-order valence-corrected chi connectivity index (χ4v) is 3.36. The minimum Gasteiger partial charge on any atom is -0.391 e. The average Bonchev–Trinajstić information content (AvgIpc) is 2.56. The second kappa shape index (κ2) is 8.78. The Kier molecular flexibility index (Phi) is 6.98. The zero-order valence-corrected chi connectivity index (χ0v) is 15.5. The number of aryl methyl sites for hydroxylation is 1. The molecule has 1 aliphatic rings. The van der Waals surface area contributed by atoms with Gasteiger partial charge < -0.3 is 10.4 Å². The molecule has 25 heavy (non-hydrogen) atoms. The second-order valence-corrected chi connectivity index (χ2v) is 7.78. The summed E-state index contributed by atoms with van der Waals surface area (Å²) < 4.78 is 29.6. The topological polar surface area (TPSA) is 86.6 Å². The van der Waals surface area contributed by atoms with Gasteiger partial charge in [-0.25, -0.2) is 0 Å². The van der Waals surface area contributed by atoms with Crippen LogP contribution in [0.5, 0.6) is 0 Å². The third-order valence-electron chi connectivity index (χ3n) is 3.98. The first-order valence-corrected chi connectivity index (χ1v) is 9.81.